The number of anilines is 1. The lowest BCUT2D eigenvalue weighted by Crippen LogP contribution is -2.41. The molecule has 0 radical (unpaired) electrons. The molecule has 1 atom stereocenters. The van der Waals surface area contributed by atoms with Crippen LogP contribution in [0.2, 0.25) is 0 Å². The Balaban J connectivity index is 1.52. The van der Waals surface area contributed by atoms with Crippen molar-refractivity contribution in [3.8, 4) is 0 Å². The molecule has 178 valence electrons. The molecule has 0 saturated carbocycles. The molecule has 1 unspecified atom stereocenters. The predicted molar refractivity (Wildman–Crippen MR) is 124 cm³/mol. The summed E-state index contributed by atoms with van der Waals surface area (Å²) in [7, 11) is -0.802. The first-order chi connectivity index (χ1) is 15.6. The maximum Gasteiger partial charge on any atom is 0.309 e. The standard InChI is InChI=1S/C22H27N3O6S2/c1-15(20(26)23-17-6-4-7-18(14-17)33(29,30)24(2)3)31-22(28)16-9-11-25(12-10-16)21(27)19-8-5-13-32-19/h4-8,13-16H,9-12H2,1-3H3,(H,23,26). The average molecular weight is 494 g/mol. The van der Waals surface area contributed by atoms with Crippen LogP contribution in [0.3, 0.4) is 0 Å². The van der Waals surface area contributed by atoms with E-state index in [2.05, 4.69) is 5.32 Å². The number of rotatable bonds is 7. The lowest BCUT2D eigenvalue weighted by molar-refractivity contribution is -0.158. The van der Waals surface area contributed by atoms with Crippen LogP contribution in [0.4, 0.5) is 5.69 Å². The number of hydrogen-bond donors (Lipinski definition) is 1. The number of sulfonamides is 1. The summed E-state index contributed by atoms with van der Waals surface area (Å²) in [4.78, 5) is 39.9. The van der Waals surface area contributed by atoms with Crippen LogP contribution in [0.5, 0.6) is 0 Å². The van der Waals surface area contributed by atoms with Gasteiger partial charge in [-0.1, -0.05) is 12.1 Å². The molecule has 11 heteroatoms. The van der Waals surface area contributed by atoms with Gasteiger partial charge in [-0.2, -0.15) is 0 Å². The van der Waals surface area contributed by atoms with Crippen molar-refractivity contribution in [2.24, 2.45) is 5.92 Å². The van der Waals surface area contributed by atoms with Gasteiger partial charge in [0.05, 0.1) is 15.7 Å². The van der Waals surface area contributed by atoms with Crippen molar-refractivity contribution in [1.29, 1.82) is 0 Å². The van der Waals surface area contributed by atoms with Crippen molar-refractivity contribution in [1.82, 2.24) is 9.21 Å². The molecule has 0 spiro atoms. The van der Waals surface area contributed by atoms with E-state index in [1.807, 2.05) is 11.4 Å². The SMILES string of the molecule is CC(OC(=O)C1CCN(C(=O)c2cccs2)CC1)C(=O)Nc1cccc(S(=O)(=O)N(C)C)c1. The minimum Gasteiger partial charge on any atom is -0.452 e. The predicted octanol–water partition coefficient (Wildman–Crippen LogP) is 2.42. The van der Waals surface area contributed by atoms with E-state index in [4.69, 9.17) is 4.74 Å². The zero-order valence-electron chi connectivity index (χ0n) is 18.7. The third-order valence-corrected chi connectivity index (χ3v) is 8.06. The van der Waals surface area contributed by atoms with Gasteiger partial charge in [-0.3, -0.25) is 14.4 Å². The lowest BCUT2D eigenvalue weighted by Gasteiger charge is -2.31. The summed E-state index contributed by atoms with van der Waals surface area (Å²) in [6, 6.07) is 9.46. The fourth-order valence-electron chi connectivity index (χ4n) is 3.39. The van der Waals surface area contributed by atoms with Crippen LogP contribution in [0.25, 0.3) is 0 Å². The molecule has 0 aliphatic carbocycles. The molecular weight excluding hydrogens is 466 g/mol. The molecule has 3 rings (SSSR count). The van der Waals surface area contributed by atoms with Crippen LogP contribution >= 0.6 is 11.3 Å². The van der Waals surface area contributed by atoms with Gasteiger partial charge in [0.2, 0.25) is 10.0 Å². The topological polar surface area (TPSA) is 113 Å². The first kappa shape index (κ1) is 24.9. The fraction of sp³-hybridized carbons (Fsp3) is 0.409. The molecule has 1 aliphatic rings. The van der Waals surface area contributed by atoms with E-state index in [0.29, 0.717) is 30.8 Å². The third-order valence-electron chi connectivity index (χ3n) is 5.39. The van der Waals surface area contributed by atoms with Crippen molar-refractivity contribution in [2.45, 2.75) is 30.8 Å². The summed E-state index contributed by atoms with van der Waals surface area (Å²) < 4.78 is 31.0. The van der Waals surface area contributed by atoms with Crippen molar-refractivity contribution in [3.63, 3.8) is 0 Å². The minimum atomic E-state index is -3.64. The second kappa shape index (κ2) is 10.4. The van der Waals surface area contributed by atoms with Gasteiger partial charge in [-0.15, -0.1) is 11.3 Å². The first-order valence-electron chi connectivity index (χ1n) is 10.5. The van der Waals surface area contributed by atoms with E-state index >= 15 is 0 Å². The van der Waals surface area contributed by atoms with Crippen LogP contribution in [-0.4, -0.2) is 68.7 Å². The van der Waals surface area contributed by atoms with Crippen molar-refractivity contribution >= 4 is 44.8 Å². The number of ether oxygens (including phenoxy) is 1. The molecule has 2 heterocycles. The van der Waals surface area contributed by atoms with Gasteiger partial charge in [0, 0.05) is 32.9 Å². The number of nitrogens with one attached hydrogen (secondary N) is 1. The van der Waals surface area contributed by atoms with E-state index in [-0.39, 0.29) is 22.4 Å². The van der Waals surface area contributed by atoms with E-state index in [9.17, 15) is 22.8 Å². The second-order valence-electron chi connectivity index (χ2n) is 7.93. The van der Waals surface area contributed by atoms with Gasteiger partial charge in [0.25, 0.3) is 11.8 Å². The summed E-state index contributed by atoms with van der Waals surface area (Å²) in [6.45, 7) is 2.36. The Morgan fingerprint density at radius 2 is 1.85 bits per heavy atom. The Morgan fingerprint density at radius 3 is 2.45 bits per heavy atom. The lowest BCUT2D eigenvalue weighted by atomic mass is 9.97. The normalized spacial score (nSPS) is 15.8. The van der Waals surface area contributed by atoms with E-state index in [1.165, 1.54) is 50.6 Å². The summed E-state index contributed by atoms with van der Waals surface area (Å²) in [5.74, 6) is -1.47. The number of benzene rings is 1. The highest BCUT2D eigenvalue weighted by Gasteiger charge is 2.31. The van der Waals surface area contributed by atoms with Gasteiger partial charge in [-0.05, 0) is 49.4 Å². The van der Waals surface area contributed by atoms with Crippen LogP contribution < -0.4 is 5.32 Å². The Bertz CT molecular complexity index is 1110. The number of esters is 1. The molecule has 33 heavy (non-hydrogen) atoms. The molecule has 1 aliphatic heterocycles. The van der Waals surface area contributed by atoms with E-state index < -0.39 is 28.0 Å². The van der Waals surface area contributed by atoms with E-state index in [1.54, 1.807) is 17.0 Å². The molecule has 9 nitrogen and oxygen atoms in total. The van der Waals surface area contributed by atoms with Gasteiger partial charge < -0.3 is 15.0 Å². The molecule has 2 aromatic rings. The molecule has 1 saturated heterocycles. The molecule has 1 N–H and O–H groups in total. The number of carbonyl (C=O) groups excluding carboxylic acids is 3. The van der Waals surface area contributed by atoms with Gasteiger partial charge in [0.15, 0.2) is 6.10 Å². The Kier molecular flexibility index (Phi) is 7.88. The van der Waals surface area contributed by atoms with Crippen LogP contribution in [0.15, 0.2) is 46.7 Å². The Hall–Kier alpha value is -2.76. The van der Waals surface area contributed by atoms with Gasteiger partial charge in [0.1, 0.15) is 0 Å². The van der Waals surface area contributed by atoms with Crippen LogP contribution in [0, 0.1) is 5.92 Å². The highest BCUT2D eigenvalue weighted by atomic mass is 32.2. The van der Waals surface area contributed by atoms with Crippen LogP contribution in [-0.2, 0) is 24.3 Å². The molecule has 0 bridgehead atoms. The molecular formula is C22H27N3O6S2. The molecule has 1 fully saturated rings. The third kappa shape index (κ3) is 5.98. The monoisotopic (exact) mass is 493 g/mol. The molecule has 2 amide bonds. The zero-order valence-corrected chi connectivity index (χ0v) is 20.3. The van der Waals surface area contributed by atoms with Gasteiger partial charge >= 0.3 is 5.97 Å². The maximum atomic E-state index is 12.5. The summed E-state index contributed by atoms with van der Waals surface area (Å²) in [5.41, 5.74) is 0.284. The second-order valence-corrected chi connectivity index (χ2v) is 11.0. The summed E-state index contributed by atoms with van der Waals surface area (Å²) in [6.07, 6.45) is -0.124. The average Bonchev–Trinajstić information content (AvgIpc) is 3.33. The highest BCUT2D eigenvalue weighted by molar-refractivity contribution is 7.89. The Labute approximate surface area is 197 Å². The number of amides is 2. The van der Waals surface area contributed by atoms with Crippen LogP contribution in [0.1, 0.15) is 29.4 Å². The minimum absolute atomic E-state index is 0.0388. The number of likely N-dealkylation sites (tertiary alicyclic amines) is 1. The van der Waals surface area contributed by atoms with Crippen molar-refractivity contribution in [2.75, 3.05) is 32.5 Å². The van der Waals surface area contributed by atoms with E-state index in [0.717, 1.165) is 4.31 Å². The number of carbonyl (C=O) groups is 3. The largest absolute Gasteiger partial charge is 0.452 e. The zero-order chi connectivity index (χ0) is 24.2. The number of thiophene rings is 1. The first-order valence-corrected chi connectivity index (χ1v) is 12.8. The fourth-order valence-corrected chi connectivity index (χ4v) is 5.03. The summed E-state index contributed by atoms with van der Waals surface area (Å²) in [5, 5.41) is 4.44. The summed E-state index contributed by atoms with van der Waals surface area (Å²) >= 11 is 1.38. The molecule has 1 aromatic heterocycles. The molecule has 1 aromatic carbocycles. The van der Waals surface area contributed by atoms with Crippen molar-refractivity contribution < 1.29 is 27.5 Å². The number of nitrogens with zero attached hydrogens (tertiary/aromatic N) is 2. The highest BCUT2D eigenvalue weighted by Crippen LogP contribution is 2.23. The number of piperidine rings is 1. The quantitative estimate of drug-likeness (QED) is 0.593. The Morgan fingerprint density at radius 1 is 1.15 bits per heavy atom. The smallest absolute Gasteiger partial charge is 0.309 e. The maximum absolute atomic E-state index is 12.5. The van der Waals surface area contributed by atoms with Crippen molar-refractivity contribution in [3.05, 3.63) is 46.7 Å². The number of hydrogen-bond acceptors (Lipinski definition) is 7. The van der Waals surface area contributed by atoms with Gasteiger partial charge in [-0.25, -0.2) is 12.7 Å².